The lowest BCUT2D eigenvalue weighted by molar-refractivity contribution is 0.0325. The first-order chi connectivity index (χ1) is 7.90. The van der Waals surface area contributed by atoms with Crippen LogP contribution in [0.3, 0.4) is 0 Å². The van der Waals surface area contributed by atoms with E-state index in [2.05, 4.69) is 13.8 Å². The fourth-order valence-corrected chi connectivity index (χ4v) is 2.15. The quantitative estimate of drug-likeness (QED) is 0.857. The first-order valence-electron chi connectivity index (χ1n) is 5.85. The molecule has 1 N–H and O–H groups in total. The van der Waals surface area contributed by atoms with E-state index < -0.39 is 5.60 Å². The van der Waals surface area contributed by atoms with Crippen LogP contribution in [-0.4, -0.2) is 19.3 Å². The molecule has 0 aromatic heterocycles. The van der Waals surface area contributed by atoms with Gasteiger partial charge in [-0.15, -0.1) is 0 Å². The SMILES string of the molecule is COc1ccc(C(C)(O)CC(C)C)c(OC)c1. The fourth-order valence-electron chi connectivity index (χ4n) is 2.15. The van der Waals surface area contributed by atoms with Crippen LogP contribution in [0.25, 0.3) is 0 Å². The van der Waals surface area contributed by atoms with Gasteiger partial charge in [-0.25, -0.2) is 0 Å². The highest BCUT2D eigenvalue weighted by Crippen LogP contribution is 2.36. The predicted molar refractivity (Wildman–Crippen MR) is 68.6 cm³/mol. The van der Waals surface area contributed by atoms with Crippen molar-refractivity contribution in [3.8, 4) is 11.5 Å². The molecule has 0 spiro atoms. The number of ether oxygens (including phenoxy) is 2. The molecule has 0 heterocycles. The van der Waals surface area contributed by atoms with Crippen LogP contribution in [-0.2, 0) is 5.60 Å². The zero-order chi connectivity index (χ0) is 13.1. The molecule has 0 saturated heterocycles. The zero-order valence-electron chi connectivity index (χ0n) is 11.3. The highest BCUT2D eigenvalue weighted by atomic mass is 16.5. The minimum Gasteiger partial charge on any atom is -0.497 e. The van der Waals surface area contributed by atoms with Crippen molar-refractivity contribution >= 4 is 0 Å². The van der Waals surface area contributed by atoms with E-state index in [1.807, 2.05) is 19.1 Å². The van der Waals surface area contributed by atoms with Gasteiger partial charge in [0.25, 0.3) is 0 Å². The van der Waals surface area contributed by atoms with Crippen molar-refractivity contribution in [1.29, 1.82) is 0 Å². The lowest BCUT2D eigenvalue weighted by Gasteiger charge is -2.27. The molecule has 1 aromatic rings. The smallest absolute Gasteiger partial charge is 0.128 e. The molecule has 0 aliphatic heterocycles. The van der Waals surface area contributed by atoms with Gasteiger partial charge in [0.15, 0.2) is 0 Å². The van der Waals surface area contributed by atoms with E-state index in [4.69, 9.17) is 9.47 Å². The molecule has 1 aromatic carbocycles. The zero-order valence-corrected chi connectivity index (χ0v) is 11.3. The number of hydrogen-bond donors (Lipinski definition) is 1. The summed E-state index contributed by atoms with van der Waals surface area (Å²) in [6.07, 6.45) is 0.690. The van der Waals surface area contributed by atoms with Gasteiger partial charge in [0.1, 0.15) is 11.5 Å². The van der Waals surface area contributed by atoms with Crippen LogP contribution in [0.15, 0.2) is 18.2 Å². The van der Waals surface area contributed by atoms with Crippen molar-refractivity contribution in [1.82, 2.24) is 0 Å². The maximum atomic E-state index is 10.5. The number of methoxy groups -OCH3 is 2. The van der Waals surface area contributed by atoms with E-state index in [-0.39, 0.29) is 0 Å². The van der Waals surface area contributed by atoms with Crippen molar-refractivity contribution in [3.05, 3.63) is 23.8 Å². The molecule has 96 valence electrons. The van der Waals surface area contributed by atoms with Gasteiger partial charge < -0.3 is 14.6 Å². The molecular weight excluding hydrogens is 216 g/mol. The Bertz CT molecular complexity index is 370. The molecule has 0 bridgehead atoms. The molecule has 3 heteroatoms. The van der Waals surface area contributed by atoms with Gasteiger partial charge in [0.05, 0.1) is 19.8 Å². The van der Waals surface area contributed by atoms with E-state index in [1.54, 1.807) is 20.3 Å². The second-order valence-electron chi connectivity index (χ2n) is 4.94. The van der Waals surface area contributed by atoms with Crippen LogP contribution in [0.2, 0.25) is 0 Å². The number of hydrogen-bond acceptors (Lipinski definition) is 3. The maximum Gasteiger partial charge on any atom is 0.128 e. The molecular formula is C14H22O3. The van der Waals surface area contributed by atoms with E-state index in [1.165, 1.54) is 0 Å². The van der Waals surface area contributed by atoms with Gasteiger partial charge in [-0.1, -0.05) is 13.8 Å². The van der Waals surface area contributed by atoms with Gasteiger partial charge >= 0.3 is 0 Å². The molecule has 3 nitrogen and oxygen atoms in total. The summed E-state index contributed by atoms with van der Waals surface area (Å²) < 4.78 is 10.5. The van der Waals surface area contributed by atoms with E-state index in [0.29, 0.717) is 18.1 Å². The molecule has 0 saturated carbocycles. The highest BCUT2D eigenvalue weighted by molar-refractivity contribution is 5.43. The van der Waals surface area contributed by atoms with Gasteiger partial charge in [0.2, 0.25) is 0 Å². The second-order valence-corrected chi connectivity index (χ2v) is 4.94. The van der Waals surface area contributed by atoms with Crippen molar-refractivity contribution in [2.24, 2.45) is 5.92 Å². The van der Waals surface area contributed by atoms with Gasteiger partial charge in [-0.2, -0.15) is 0 Å². The molecule has 0 radical (unpaired) electrons. The normalized spacial score (nSPS) is 14.5. The lowest BCUT2D eigenvalue weighted by atomic mass is 9.87. The fraction of sp³-hybridized carbons (Fsp3) is 0.571. The summed E-state index contributed by atoms with van der Waals surface area (Å²) in [4.78, 5) is 0. The van der Waals surface area contributed by atoms with E-state index in [0.717, 1.165) is 11.3 Å². The van der Waals surface area contributed by atoms with E-state index in [9.17, 15) is 5.11 Å². The Morgan fingerprint density at radius 2 is 1.88 bits per heavy atom. The lowest BCUT2D eigenvalue weighted by Crippen LogP contribution is -2.24. The molecule has 1 atom stereocenters. The Morgan fingerprint density at radius 3 is 2.35 bits per heavy atom. The van der Waals surface area contributed by atoms with Crippen LogP contribution in [0.1, 0.15) is 32.8 Å². The monoisotopic (exact) mass is 238 g/mol. The summed E-state index contributed by atoms with van der Waals surface area (Å²) in [7, 11) is 3.21. The molecule has 0 aliphatic carbocycles. The van der Waals surface area contributed by atoms with Crippen LogP contribution < -0.4 is 9.47 Å². The van der Waals surface area contributed by atoms with Crippen molar-refractivity contribution in [2.75, 3.05) is 14.2 Å². The average Bonchev–Trinajstić information content (AvgIpc) is 2.26. The minimum absolute atomic E-state index is 0.414. The Labute approximate surface area is 103 Å². The Balaban J connectivity index is 3.11. The van der Waals surface area contributed by atoms with Crippen LogP contribution in [0, 0.1) is 5.92 Å². The Morgan fingerprint density at radius 1 is 1.24 bits per heavy atom. The first-order valence-corrected chi connectivity index (χ1v) is 5.85. The molecule has 0 fully saturated rings. The molecule has 0 amide bonds. The molecule has 1 rings (SSSR count). The molecule has 0 aliphatic rings. The molecule has 1 unspecified atom stereocenters. The number of rotatable bonds is 5. The van der Waals surface area contributed by atoms with Gasteiger partial charge in [-0.3, -0.25) is 0 Å². The van der Waals surface area contributed by atoms with Crippen LogP contribution in [0.4, 0.5) is 0 Å². The average molecular weight is 238 g/mol. The largest absolute Gasteiger partial charge is 0.497 e. The van der Waals surface area contributed by atoms with E-state index >= 15 is 0 Å². The van der Waals surface area contributed by atoms with Gasteiger partial charge in [0, 0.05) is 11.6 Å². The Kier molecular flexibility index (Phi) is 4.40. The molecule has 17 heavy (non-hydrogen) atoms. The van der Waals surface area contributed by atoms with Crippen LogP contribution >= 0.6 is 0 Å². The van der Waals surface area contributed by atoms with Crippen LogP contribution in [0.5, 0.6) is 11.5 Å². The summed E-state index contributed by atoms with van der Waals surface area (Å²) in [5.74, 6) is 1.80. The summed E-state index contributed by atoms with van der Waals surface area (Å²) in [5.41, 5.74) is -0.0827. The number of benzene rings is 1. The van der Waals surface area contributed by atoms with Crippen molar-refractivity contribution in [2.45, 2.75) is 32.8 Å². The standard InChI is InChI=1S/C14H22O3/c1-10(2)9-14(3,15)12-7-6-11(16-4)8-13(12)17-5/h6-8,10,15H,9H2,1-5H3. The maximum absolute atomic E-state index is 10.5. The highest BCUT2D eigenvalue weighted by Gasteiger charge is 2.27. The number of aliphatic hydroxyl groups is 1. The summed E-state index contributed by atoms with van der Waals surface area (Å²) in [6.45, 7) is 5.99. The minimum atomic E-state index is -0.883. The third kappa shape index (κ3) is 3.37. The van der Waals surface area contributed by atoms with Gasteiger partial charge in [-0.05, 0) is 31.4 Å². The van der Waals surface area contributed by atoms with Crippen molar-refractivity contribution in [3.63, 3.8) is 0 Å². The third-order valence-electron chi connectivity index (χ3n) is 2.79. The van der Waals surface area contributed by atoms with Crippen molar-refractivity contribution < 1.29 is 14.6 Å². The predicted octanol–water partition coefficient (Wildman–Crippen LogP) is 2.96. The summed E-state index contributed by atoms with van der Waals surface area (Å²) in [5, 5.41) is 10.5. The summed E-state index contributed by atoms with van der Waals surface area (Å²) in [6, 6.07) is 5.50. The summed E-state index contributed by atoms with van der Waals surface area (Å²) >= 11 is 0. The second kappa shape index (κ2) is 5.41. The first kappa shape index (κ1) is 13.8. The third-order valence-corrected chi connectivity index (χ3v) is 2.79. The Hall–Kier alpha value is -1.22. The topological polar surface area (TPSA) is 38.7 Å².